The molecule has 0 aromatic heterocycles. The van der Waals surface area contributed by atoms with Gasteiger partial charge >= 0.3 is 0 Å². The van der Waals surface area contributed by atoms with Crippen molar-refractivity contribution in [3.8, 4) is 5.75 Å². The first-order valence-corrected chi connectivity index (χ1v) is 10.2. The molecule has 3 fully saturated rings. The number of rotatable bonds is 3. The number of carbonyl (C=O) groups is 2. The van der Waals surface area contributed by atoms with Crippen LogP contribution >= 0.6 is 11.6 Å². The van der Waals surface area contributed by atoms with Gasteiger partial charge in [-0.1, -0.05) is 29.8 Å². The molecule has 3 saturated heterocycles. The Kier molecular flexibility index (Phi) is 4.38. The Bertz CT molecular complexity index is 993. The summed E-state index contributed by atoms with van der Waals surface area (Å²) in [6.07, 6.45) is 0.980. The zero-order chi connectivity index (χ0) is 20.3. The normalized spacial score (nSPS) is 26.9. The maximum absolute atomic E-state index is 13.5. The third-order valence-electron chi connectivity index (χ3n) is 6.28. The van der Waals surface area contributed by atoms with Gasteiger partial charge in [-0.15, -0.1) is 0 Å². The van der Waals surface area contributed by atoms with Gasteiger partial charge in [0.1, 0.15) is 11.8 Å². The third kappa shape index (κ3) is 2.70. The van der Waals surface area contributed by atoms with E-state index >= 15 is 0 Å². The van der Waals surface area contributed by atoms with Crippen LogP contribution in [0.25, 0.3) is 0 Å². The highest BCUT2D eigenvalue weighted by atomic mass is 35.5. The zero-order valence-electron chi connectivity index (χ0n) is 16.3. The Morgan fingerprint density at radius 3 is 2.31 bits per heavy atom. The summed E-state index contributed by atoms with van der Waals surface area (Å²) in [5.41, 5.74) is 2.48. The second-order valence-electron chi connectivity index (χ2n) is 7.81. The van der Waals surface area contributed by atoms with E-state index in [1.54, 1.807) is 19.2 Å². The molecule has 2 aromatic carbocycles. The van der Waals surface area contributed by atoms with Crippen LogP contribution in [0.5, 0.6) is 5.75 Å². The molecule has 0 aliphatic carbocycles. The maximum Gasteiger partial charge on any atom is 0.253 e. The molecular weight excluding hydrogens is 390 g/mol. The summed E-state index contributed by atoms with van der Waals surface area (Å²) in [7, 11) is 1.63. The van der Waals surface area contributed by atoms with Gasteiger partial charge in [0.15, 0.2) is 0 Å². The Hall–Kier alpha value is -2.41. The van der Waals surface area contributed by atoms with E-state index in [2.05, 4.69) is 10.0 Å². The quantitative estimate of drug-likeness (QED) is 0.726. The minimum atomic E-state index is -0.461. The molecule has 3 atom stereocenters. The molecule has 29 heavy (non-hydrogen) atoms. The number of benzene rings is 2. The monoisotopic (exact) mass is 411 g/mol. The molecule has 7 heteroatoms. The van der Waals surface area contributed by atoms with Crippen LogP contribution in [0.15, 0.2) is 42.5 Å². The minimum Gasteiger partial charge on any atom is -0.497 e. The van der Waals surface area contributed by atoms with Crippen LogP contribution in [-0.2, 0) is 9.59 Å². The molecule has 0 bridgehead atoms. The highest BCUT2D eigenvalue weighted by Gasteiger charge is 2.62. The van der Waals surface area contributed by atoms with Crippen LogP contribution in [0.3, 0.4) is 0 Å². The lowest BCUT2D eigenvalue weighted by atomic mass is 9.90. The van der Waals surface area contributed by atoms with Gasteiger partial charge in [0.2, 0.25) is 5.91 Å². The van der Waals surface area contributed by atoms with Crippen LogP contribution in [0, 0.1) is 12.8 Å². The molecular formula is C22H22ClN3O3. The Balaban J connectivity index is 1.56. The molecule has 0 spiro atoms. The zero-order valence-corrected chi connectivity index (χ0v) is 17.1. The number of carbonyl (C=O) groups excluding carboxylic acids is 2. The number of methoxy groups -OCH3 is 1. The fraction of sp³-hybridized carbons (Fsp3) is 0.364. The number of anilines is 1. The van der Waals surface area contributed by atoms with Crippen LogP contribution in [0.1, 0.15) is 23.6 Å². The van der Waals surface area contributed by atoms with Gasteiger partial charge in [-0.05, 0) is 48.7 Å². The van der Waals surface area contributed by atoms with Crippen molar-refractivity contribution in [1.82, 2.24) is 10.0 Å². The van der Waals surface area contributed by atoms with Crippen LogP contribution in [0.2, 0.25) is 5.02 Å². The lowest BCUT2D eigenvalue weighted by Gasteiger charge is -2.30. The molecule has 5 rings (SSSR count). The minimum absolute atomic E-state index is 0.157. The third-order valence-corrected chi connectivity index (χ3v) is 6.68. The van der Waals surface area contributed by atoms with Crippen LogP contribution < -0.4 is 9.64 Å². The fourth-order valence-electron chi connectivity index (χ4n) is 4.89. The Morgan fingerprint density at radius 1 is 0.966 bits per heavy atom. The number of amides is 2. The lowest BCUT2D eigenvalue weighted by molar-refractivity contribution is -0.126. The van der Waals surface area contributed by atoms with Crippen molar-refractivity contribution in [2.45, 2.75) is 25.4 Å². The van der Waals surface area contributed by atoms with E-state index in [1.807, 2.05) is 37.3 Å². The summed E-state index contributed by atoms with van der Waals surface area (Å²) < 4.78 is 5.27. The van der Waals surface area contributed by atoms with Crippen molar-refractivity contribution in [1.29, 1.82) is 0 Å². The molecule has 0 N–H and O–H groups in total. The number of hydrazine groups is 1. The lowest BCUT2D eigenvalue weighted by Crippen LogP contribution is -2.44. The molecule has 3 aliphatic heterocycles. The number of aryl methyl sites for hydroxylation is 1. The second kappa shape index (κ2) is 6.83. The number of halogens is 1. The van der Waals surface area contributed by atoms with Gasteiger partial charge in [0.25, 0.3) is 5.91 Å². The molecule has 150 valence electrons. The molecule has 6 nitrogen and oxygen atoms in total. The number of hydrogen-bond acceptors (Lipinski definition) is 5. The van der Waals surface area contributed by atoms with Crippen molar-refractivity contribution in [3.05, 3.63) is 58.6 Å². The van der Waals surface area contributed by atoms with Crippen molar-refractivity contribution in [3.63, 3.8) is 0 Å². The number of fused-ring (bicyclic) bond motifs is 3. The van der Waals surface area contributed by atoms with Gasteiger partial charge in [-0.25, -0.2) is 14.9 Å². The second-order valence-corrected chi connectivity index (χ2v) is 8.22. The summed E-state index contributed by atoms with van der Waals surface area (Å²) in [5.74, 6) is 0.0144. The predicted octanol–water partition coefficient (Wildman–Crippen LogP) is 3.19. The Morgan fingerprint density at radius 2 is 1.66 bits per heavy atom. The number of ether oxygens (including phenoxy) is 1. The van der Waals surface area contributed by atoms with E-state index in [1.165, 1.54) is 4.90 Å². The van der Waals surface area contributed by atoms with Crippen molar-refractivity contribution >= 4 is 29.1 Å². The summed E-state index contributed by atoms with van der Waals surface area (Å²) in [6, 6.07) is 12.5. The standard InChI is InChI=1S/C22H22ClN3O3/c1-13-4-7-15(12-17(13)23)26-21(27)18-19(14-5-8-16(29-2)9-6-14)24-10-3-11-25(24)20(18)22(26)28/h4-9,12,18-20H,3,10-11H2,1-2H3. The van der Waals surface area contributed by atoms with Gasteiger partial charge in [0.05, 0.1) is 24.8 Å². The number of nitrogens with zero attached hydrogens (tertiary/aromatic N) is 3. The van der Waals surface area contributed by atoms with Crippen molar-refractivity contribution in [2.75, 3.05) is 25.1 Å². The van der Waals surface area contributed by atoms with Crippen LogP contribution in [0.4, 0.5) is 5.69 Å². The molecule has 3 heterocycles. The summed E-state index contributed by atoms with van der Waals surface area (Å²) >= 11 is 6.27. The summed E-state index contributed by atoms with van der Waals surface area (Å²) in [6.45, 7) is 3.53. The van der Waals surface area contributed by atoms with Crippen LogP contribution in [-0.4, -0.2) is 48.1 Å². The van der Waals surface area contributed by atoms with Gasteiger partial charge in [0, 0.05) is 18.1 Å². The first-order valence-electron chi connectivity index (χ1n) is 9.82. The molecule has 0 saturated carbocycles. The Labute approximate surface area is 174 Å². The van der Waals surface area contributed by atoms with E-state index < -0.39 is 12.0 Å². The molecule has 3 unspecified atom stereocenters. The van der Waals surface area contributed by atoms with E-state index in [0.29, 0.717) is 10.7 Å². The van der Waals surface area contributed by atoms with E-state index in [-0.39, 0.29) is 17.9 Å². The largest absolute Gasteiger partial charge is 0.497 e. The number of imide groups is 1. The molecule has 2 amide bonds. The smallest absolute Gasteiger partial charge is 0.253 e. The van der Waals surface area contributed by atoms with E-state index in [9.17, 15) is 9.59 Å². The first-order chi connectivity index (χ1) is 14.0. The molecule has 0 radical (unpaired) electrons. The topological polar surface area (TPSA) is 53.1 Å². The predicted molar refractivity (Wildman–Crippen MR) is 110 cm³/mol. The van der Waals surface area contributed by atoms with Crippen molar-refractivity contribution in [2.24, 2.45) is 5.92 Å². The molecule has 3 aliphatic rings. The highest BCUT2D eigenvalue weighted by Crippen LogP contribution is 2.49. The highest BCUT2D eigenvalue weighted by molar-refractivity contribution is 6.32. The van der Waals surface area contributed by atoms with Gasteiger partial charge in [-0.3, -0.25) is 9.59 Å². The number of hydrogen-bond donors (Lipinski definition) is 0. The van der Waals surface area contributed by atoms with Crippen molar-refractivity contribution < 1.29 is 14.3 Å². The fourth-order valence-corrected chi connectivity index (χ4v) is 5.06. The maximum atomic E-state index is 13.5. The summed E-state index contributed by atoms with van der Waals surface area (Å²) in [5, 5.41) is 4.84. The summed E-state index contributed by atoms with van der Waals surface area (Å²) in [4.78, 5) is 28.2. The first kappa shape index (κ1) is 18.6. The SMILES string of the molecule is COc1ccc(C2C3C(=O)N(c4ccc(C)c(Cl)c4)C(=O)C3N3CCCN23)cc1. The molecule has 2 aromatic rings. The van der Waals surface area contributed by atoms with E-state index in [0.717, 1.165) is 36.4 Å². The average molecular weight is 412 g/mol. The van der Waals surface area contributed by atoms with Gasteiger partial charge < -0.3 is 4.74 Å². The average Bonchev–Trinajstić information content (AvgIpc) is 3.37. The van der Waals surface area contributed by atoms with E-state index in [4.69, 9.17) is 16.3 Å². The van der Waals surface area contributed by atoms with Gasteiger partial charge in [-0.2, -0.15) is 0 Å².